The van der Waals surface area contributed by atoms with Gasteiger partial charge in [-0.05, 0) is 53.9 Å². The average molecular weight is 343 g/mol. The Labute approximate surface area is 127 Å². The molecule has 0 saturated heterocycles. The third-order valence-corrected chi connectivity index (χ3v) is 3.28. The lowest BCUT2D eigenvalue weighted by Crippen LogP contribution is -2.37. The smallest absolute Gasteiger partial charge is 0.260 e. The van der Waals surface area contributed by atoms with E-state index < -0.39 is 6.10 Å². The van der Waals surface area contributed by atoms with Crippen LogP contribution >= 0.6 is 15.9 Å². The maximum absolute atomic E-state index is 11.8. The summed E-state index contributed by atoms with van der Waals surface area (Å²) in [5, 5.41) is 2.70. The first-order chi connectivity index (χ1) is 9.40. The van der Waals surface area contributed by atoms with Crippen LogP contribution in [-0.4, -0.2) is 24.5 Å². The Morgan fingerprint density at radius 1 is 1.45 bits per heavy atom. The molecule has 6 heteroatoms. The molecule has 0 bridgehead atoms. The number of hydrogen-bond donors (Lipinski definition) is 2. The fourth-order valence-electron chi connectivity index (χ4n) is 1.56. The minimum absolute atomic E-state index is 0.220. The SMILES string of the molecule is Cc1ccc(OC(C)C(=O)NCCCC(N)=O)c(Br)c1. The Morgan fingerprint density at radius 3 is 2.75 bits per heavy atom. The molecule has 0 radical (unpaired) electrons. The topological polar surface area (TPSA) is 81.4 Å². The highest BCUT2D eigenvalue weighted by Gasteiger charge is 2.15. The summed E-state index contributed by atoms with van der Waals surface area (Å²) >= 11 is 3.40. The van der Waals surface area contributed by atoms with Crippen molar-refractivity contribution in [3.8, 4) is 5.75 Å². The van der Waals surface area contributed by atoms with Crippen molar-refractivity contribution in [2.24, 2.45) is 5.73 Å². The van der Waals surface area contributed by atoms with E-state index in [1.165, 1.54) is 0 Å². The molecule has 0 aromatic heterocycles. The molecule has 5 nitrogen and oxygen atoms in total. The number of carbonyl (C=O) groups is 2. The van der Waals surface area contributed by atoms with Gasteiger partial charge in [0.2, 0.25) is 5.91 Å². The first kappa shape index (κ1) is 16.5. The van der Waals surface area contributed by atoms with Gasteiger partial charge >= 0.3 is 0 Å². The molecule has 0 saturated carbocycles. The molecule has 0 spiro atoms. The Morgan fingerprint density at radius 2 is 2.15 bits per heavy atom. The second-order valence-corrected chi connectivity index (χ2v) is 5.41. The van der Waals surface area contributed by atoms with Crippen LogP contribution in [0, 0.1) is 6.92 Å². The standard InChI is InChI=1S/C14H19BrN2O3/c1-9-5-6-12(11(15)8-9)20-10(2)14(19)17-7-3-4-13(16)18/h5-6,8,10H,3-4,7H2,1-2H3,(H2,16,18)(H,17,19). The first-order valence-electron chi connectivity index (χ1n) is 6.39. The molecule has 110 valence electrons. The third-order valence-electron chi connectivity index (χ3n) is 2.66. The summed E-state index contributed by atoms with van der Waals surface area (Å²) in [7, 11) is 0. The summed E-state index contributed by atoms with van der Waals surface area (Å²) in [4.78, 5) is 22.4. The van der Waals surface area contributed by atoms with E-state index >= 15 is 0 Å². The number of aryl methyl sites for hydroxylation is 1. The van der Waals surface area contributed by atoms with Crippen molar-refractivity contribution in [1.82, 2.24) is 5.32 Å². The molecule has 1 aromatic rings. The molecule has 0 aliphatic rings. The number of hydrogen-bond acceptors (Lipinski definition) is 3. The highest BCUT2D eigenvalue weighted by Crippen LogP contribution is 2.26. The Bertz CT molecular complexity index is 491. The number of carbonyl (C=O) groups excluding carboxylic acids is 2. The van der Waals surface area contributed by atoms with Gasteiger partial charge < -0.3 is 15.8 Å². The van der Waals surface area contributed by atoms with Gasteiger partial charge in [-0.3, -0.25) is 9.59 Å². The van der Waals surface area contributed by atoms with Crippen molar-refractivity contribution in [2.45, 2.75) is 32.8 Å². The molecule has 0 aliphatic carbocycles. The lowest BCUT2D eigenvalue weighted by molar-refractivity contribution is -0.127. The summed E-state index contributed by atoms with van der Waals surface area (Å²) in [5.41, 5.74) is 6.12. The number of amides is 2. The van der Waals surface area contributed by atoms with Crippen LogP contribution in [-0.2, 0) is 9.59 Å². The van der Waals surface area contributed by atoms with Crippen LogP contribution in [0.15, 0.2) is 22.7 Å². The maximum atomic E-state index is 11.8. The molecule has 0 heterocycles. The normalized spacial score (nSPS) is 11.8. The van der Waals surface area contributed by atoms with Crippen LogP contribution in [0.2, 0.25) is 0 Å². The molecule has 1 aromatic carbocycles. The third kappa shape index (κ3) is 5.61. The first-order valence-corrected chi connectivity index (χ1v) is 7.18. The number of rotatable bonds is 7. The Hall–Kier alpha value is -1.56. The van der Waals surface area contributed by atoms with E-state index in [1.54, 1.807) is 6.92 Å². The van der Waals surface area contributed by atoms with Gasteiger partial charge in [0, 0.05) is 13.0 Å². The van der Waals surface area contributed by atoms with Gasteiger partial charge in [0.1, 0.15) is 5.75 Å². The van der Waals surface area contributed by atoms with Crippen molar-refractivity contribution < 1.29 is 14.3 Å². The van der Waals surface area contributed by atoms with Crippen LogP contribution < -0.4 is 15.8 Å². The molecular formula is C14H19BrN2O3. The Kier molecular flexibility index (Phi) is 6.51. The molecule has 1 atom stereocenters. The van der Waals surface area contributed by atoms with Crippen LogP contribution in [0.5, 0.6) is 5.75 Å². The average Bonchev–Trinajstić information content (AvgIpc) is 2.37. The Balaban J connectivity index is 2.43. The monoisotopic (exact) mass is 342 g/mol. The van der Waals surface area contributed by atoms with Crippen molar-refractivity contribution in [3.05, 3.63) is 28.2 Å². The van der Waals surface area contributed by atoms with E-state index in [2.05, 4.69) is 21.2 Å². The lowest BCUT2D eigenvalue weighted by Gasteiger charge is -2.16. The van der Waals surface area contributed by atoms with Gasteiger partial charge in [-0.1, -0.05) is 6.07 Å². The number of nitrogens with two attached hydrogens (primary N) is 1. The van der Waals surface area contributed by atoms with E-state index in [0.717, 1.165) is 10.0 Å². The van der Waals surface area contributed by atoms with Crippen LogP contribution in [0.4, 0.5) is 0 Å². The van der Waals surface area contributed by atoms with E-state index in [1.807, 2.05) is 25.1 Å². The fourth-order valence-corrected chi connectivity index (χ4v) is 2.15. The van der Waals surface area contributed by atoms with E-state index in [9.17, 15) is 9.59 Å². The molecule has 1 rings (SSSR count). The highest BCUT2D eigenvalue weighted by molar-refractivity contribution is 9.10. The van der Waals surface area contributed by atoms with Gasteiger partial charge in [0.15, 0.2) is 6.10 Å². The van der Waals surface area contributed by atoms with Crippen LogP contribution in [0.1, 0.15) is 25.3 Å². The van der Waals surface area contributed by atoms with E-state index in [0.29, 0.717) is 18.7 Å². The van der Waals surface area contributed by atoms with Gasteiger partial charge in [-0.15, -0.1) is 0 Å². The van der Waals surface area contributed by atoms with Crippen molar-refractivity contribution in [2.75, 3.05) is 6.54 Å². The van der Waals surface area contributed by atoms with Crippen molar-refractivity contribution in [1.29, 1.82) is 0 Å². The van der Waals surface area contributed by atoms with Gasteiger partial charge in [0.05, 0.1) is 4.47 Å². The number of ether oxygens (including phenoxy) is 1. The molecular weight excluding hydrogens is 324 g/mol. The minimum atomic E-state index is -0.609. The second kappa shape index (κ2) is 7.89. The zero-order valence-corrected chi connectivity index (χ0v) is 13.2. The van der Waals surface area contributed by atoms with E-state index in [4.69, 9.17) is 10.5 Å². The molecule has 2 amide bonds. The fraction of sp³-hybridized carbons (Fsp3) is 0.429. The van der Waals surface area contributed by atoms with E-state index in [-0.39, 0.29) is 18.2 Å². The van der Waals surface area contributed by atoms with Crippen molar-refractivity contribution in [3.63, 3.8) is 0 Å². The molecule has 0 aliphatic heterocycles. The quantitative estimate of drug-likeness (QED) is 0.742. The van der Waals surface area contributed by atoms with Gasteiger partial charge in [-0.2, -0.15) is 0 Å². The van der Waals surface area contributed by atoms with Crippen LogP contribution in [0.25, 0.3) is 0 Å². The summed E-state index contributed by atoms with van der Waals surface area (Å²) < 4.78 is 6.40. The molecule has 3 N–H and O–H groups in total. The molecule has 20 heavy (non-hydrogen) atoms. The number of nitrogens with one attached hydrogen (secondary N) is 1. The minimum Gasteiger partial charge on any atom is -0.480 e. The summed E-state index contributed by atoms with van der Waals surface area (Å²) in [6.07, 6.45) is 0.184. The van der Waals surface area contributed by atoms with Crippen molar-refractivity contribution >= 4 is 27.7 Å². The summed E-state index contributed by atoms with van der Waals surface area (Å²) in [6.45, 7) is 4.06. The summed E-state index contributed by atoms with van der Waals surface area (Å²) in [5.74, 6) is 0.0319. The van der Waals surface area contributed by atoms with Gasteiger partial charge in [0.25, 0.3) is 5.91 Å². The molecule has 0 fully saturated rings. The number of halogens is 1. The predicted molar refractivity (Wildman–Crippen MR) is 80.4 cm³/mol. The summed E-state index contributed by atoms with van der Waals surface area (Å²) in [6, 6.07) is 5.65. The maximum Gasteiger partial charge on any atom is 0.260 e. The largest absolute Gasteiger partial charge is 0.480 e. The predicted octanol–water partition coefficient (Wildman–Crippen LogP) is 1.91. The van der Waals surface area contributed by atoms with Gasteiger partial charge in [-0.25, -0.2) is 0 Å². The second-order valence-electron chi connectivity index (χ2n) is 4.55. The highest BCUT2D eigenvalue weighted by atomic mass is 79.9. The lowest BCUT2D eigenvalue weighted by atomic mass is 10.2. The number of benzene rings is 1. The van der Waals surface area contributed by atoms with Crippen LogP contribution in [0.3, 0.4) is 0 Å². The number of primary amides is 1. The molecule has 1 unspecified atom stereocenters. The zero-order valence-electron chi connectivity index (χ0n) is 11.6. The zero-order chi connectivity index (χ0) is 15.1.